The van der Waals surface area contributed by atoms with E-state index >= 15 is 0 Å². The van der Waals surface area contributed by atoms with Crippen LogP contribution in [0.25, 0.3) is 17.2 Å². The SMILES string of the molecule is Cc1cc(=O)n2c(-c3cccnc3)n[nH]c2n1. The molecule has 17 heavy (non-hydrogen) atoms. The molecule has 6 nitrogen and oxygen atoms in total. The summed E-state index contributed by atoms with van der Waals surface area (Å²) in [5.74, 6) is 0.958. The van der Waals surface area contributed by atoms with Crippen molar-refractivity contribution in [3.8, 4) is 11.4 Å². The minimum absolute atomic E-state index is 0.153. The van der Waals surface area contributed by atoms with Gasteiger partial charge in [-0.2, -0.15) is 5.10 Å². The predicted octanol–water partition coefficient (Wildman–Crippen LogP) is 0.788. The van der Waals surface area contributed by atoms with Crippen LogP contribution in [0.2, 0.25) is 0 Å². The van der Waals surface area contributed by atoms with Crippen molar-refractivity contribution in [2.24, 2.45) is 0 Å². The number of H-pyrrole nitrogens is 1. The molecule has 3 heterocycles. The highest BCUT2D eigenvalue weighted by Crippen LogP contribution is 2.14. The molecule has 0 aliphatic heterocycles. The van der Waals surface area contributed by atoms with E-state index in [-0.39, 0.29) is 5.56 Å². The van der Waals surface area contributed by atoms with Crippen LogP contribution >= 0.6 is 0 Å². The molecule has 84 valence electrons. The first-order valence-corrected chi connectivity index (χ1v) is 5.11. The van der Waals surface area contributed by atoms with E-state index in [0.29, 0.717) is 17.3 Å². The Kier molecular flexibility index (Phi) is 2.01. The largest absolute Gasteiger partial charge is 0.269 e. The molecule has 0 bridgehead atoms. The zero-order valence-electron chi connectivity index (χ0n) is 9.08. The first-order chi connectivity index (χ1) is 8.25. The Hall–Kier alpha value is -2.50. The molecule has 3 rings (SSSR count). The van der Waals surface area contributed by atoms with Crippen molar-refractivity contribution in [1.82, 2.24) is 24.6 Å². The summed E-state index contributed by atoms with van der Waals surface area (Å²) in [6, 6.07) is 5.11. The molecule has 1 N–H and O–H groups in total. The molecule has 0 fully saturated rings. The number of aromatic nitrogens is 5. The molecule has 0 atom stereocenters. The maximum atomic E-state index is 11.9. The van der Waals surface area contributed by atoms with Crippen LogP contribution in [0, 0.1) is 6.92 Å². The minimum atomic E-state index is -0.153. The summed E-state index contributed by atoms with van der Waals surface area (Å²) >= 11 is 0. The highest BCUT2D eigenvalue weighted by molar-refractivity contribution is 5.56. The number of rotatable bonds is 1. The van der Waals surface area contributed by atoms with Crippen LogP contribution in [-0.2, 0) is 0 Å². The fourth-order valence-electron chi connectivity index (χ4n) is 1.72. The number of fused-ring (bicyclic) bond motifs is 1. The van der Waals surface area contributed by atoms with Gasteiger partial charge in [-0.05, 0) is 19.1 Å². The lowest BCUT2D eigenvalue weighted by Crippen LogP contribution is -2.14. The molecule has 3 aromatic heterocycles. The Bertz CT molecular complexity index is 728. The Morgan fingerprint density at radius 1 is 1.41 bits per heavy atom. The smallest absolute Gasteiger partial charge is 0.261 e. The molecule has 0 amide bonds. The zero-order chi connectivity index (χ0) is 11.8. The normalized spacial score (nSPS) is 10.9. The summed E-state index contributed by atoms with van der Waals surface area (Å²) in [6.07, 6.45) is 3.32. The Labute approximate surface area is 96.0 Å². The average Bonchev–Trinajstić information content (AvgIpc) is 2.74. The minimum Gasteiger partial charge on any atom is -0.269 e. The van der Waals surface area contributed by atoms with Crippen molar-refractivity contribution in [1.29, 1.82) is 0 Å². The molecule has 3 aromatic rings. The maximum Gasteiger partial charge on any atom is 0.261 e. The van der Waals surface area contributed by atoms with Crippen molar-refractivity contribution in [3.05, 3.63) is 46.6 Å². The second-order valence-corrected chi connectivity index (χ2v) is 3.68. The van der Waals surface area contributed by atoms with Gasteiger partial charge in [0.1, 0.15) is 0 Å². The van der Waals surface area contributed by atoms with Crippen molar-refractivity contribution in [3.63, 3.8) is 0 Å². The highest BCUT2D eigenvalue weighted by atomic mass is 16.1. The molecule has 6 heteroatoms. The van der Waals surface area contributed by atoms with Crippen molar-refractivity contribution >= 4 is 5.78 Å². The van der Waals surface area contributed by atoms with Gasteiger partial charge in [-0.3, -0.25) is 9.78 Å². The van der Waals surface area contributed by atoms with Crippen LogP contribution in [0.4, 0.5) is 0 Å². The fraction of sp³-hybridized carbons (Fsp3) is 0.0909. The predicted molar refractivity (Wildman–Crippen MR) is 61.6 cm³/mol. The first-order valence-electron chi connectivity index (χ1n) is 5.11. The van der Waals surface area contributed by atoms with Gasteiger partial charge in [-0.1, -0.05) is 0 Å². The van der Waals surface area contributed by atoms with Gasteiger partial charge in [-0.25, -0.2) is 14.5 Å². The van der Waals surface area contributed by atoms with Crippen molar-refractivity contribution in [2.45, 2.75) is 6.92 Å². The third-order valence-electron chi connectivity index (χ3n) is 2.44. The molecule has 0 aliphatic rings. The number of nitrogens with zero attached hydrogens (tertiary/aromatic N) is 4. The Balaban J connectivity index is 2.37. The molecular formula is C11H9N5O. The van der Waals surface area contributed by atoms with Gasteiger partial charge in [0.25, 0.3) is 5.56 Å². The van der Waals surface area contributed by atoms with Crippen LogP contribution in [0.1, 0.15) is 5.69 Å². The van der Waals surface area contributed by atoms with E-state index in [0.717, 1.165) is 5.56 Å². The van der Waals surface area contributed by atoms with E-state index in [1.807, 2.05) is 6.07 Å². The summed E-state index contributed by atoms with van der Waals surface area (Å²) in [5, 5.41) is 6.85. The van der Waals surface area contributed by atoms with Crippen LogP contribution in [0.3, 0.4) is 0 Å². The third kappa shape index (κ3) is 1.50. The summed E-state index contributed by atoms with van der Waals surface area (Å²) in [7, 11) is 0. The topological polar surface area (TPSA) is 75.9 Å². The third-order valence-corrected chi connectivity index (χ3v) is 2.44. The maximum absolute atomic E-state index is 11.9. The Morgan fingerprint density at radius 3 is 3.06 bits per heavy atom. The van der Waals surface area contributed by atoms with Crippen molar-refractivity contribution < 1.29 is 0 Å². The van der Waals surface area contributed by atoms with Gasteiger partial charge in [0, 0.05) is 29.7 Å². The standard InChI is InChI=1S/C11H9N5O/c1-7-5-9(17)16-10(14-15-11(16)13-7)8-3-2-4-12-6-8/h2-6H,1H3,(H,13,15). The lowest BCUT2D eigenvalue weighted by Gasteiger charge is -1.98. The van der Waals surface area contributed by atoms with E-state index in [1.54, 1.807) is 25.4 Å². The van der Waals surface area contributed by atoms with Crippen LogP contribution in [-0.4, -0.2) is 24.6 Å². The van der Waals surface area contributed by atoms with Gasteiger partial charge in [0.05, 0.1) is 0 Å². The van der Waals surface area contributed by atoms with Crippen molar-refractivity contribution in [2.75, 3.05) is 0 Å². The number of aryl methyl sites for hydroxylation is 1. The molecule has 0 saturated heterocycles. The summed E-state index contributed by atoms with van der Waals surface area (Å²) in [4.78, 5) is 20.1. The fourth-order valence-corrected chi connectivity index (χ4v) is 1.72. The molecule has 0 saturated carbocycles. The number of aromatic amines is 1. The highest BCUT2D eigenvalue weighted by Gasteiger charge is 2.10. The van der Waals surface area contributed by atoms with Gasteiger partial charge >= 0.3 is 0 Å². The van der Waals surface area contributed by atoms with E-state index in [1.165, 1.54) is 10.5 Å². The average molecular weight is 227 g/mol. The van der Waals surface area contributed by atoms with Crippen LogP contribution in [0.15, 0.2) is 35.4 Å². The van der Waals surface area contributed by atoms with Gasteiger partial charge in [0.2, 0.25) is 5.78 Å². The summed E-state index contributed by atoms with van der Waals surface area (Å²) < 4.78 is 1.43. The molecule has 0 radical (unpaired) electrons. The number of nitrogens with one attached hydrogen (secondary N) is 1. The lowest BCUT2D eigenvalue weighted by atomic mass is 10.3. The Morgan fingerprint density at radius 2 is 2.29 bits per heavy atom. The quantitative estimate of drug-likeness (QED) is 0.666. The second kappa shape index (κ2) is 3.51. The van der Waals surface area contributed by atoms with E-state index < -0.39 is 0 Å². The van der Waals surface area contributed by atoms with Gasteiger partial charge < -0.3 is 0 Å². The molecule has 0 unspecified atom stereocenters. The monoisotopic (exact) mass is 227 g/mol. The summed E-state index contributed by atoms with van der Waals surface area (Å²) in [6.45, 7) is 1.77. The zero-order valence-corrected chi connectivity index (χ0v) is 9.08. The van der Waals surface area contributed by atoms with E-state index in [2.05, 4.69) is 20.2 Å². The van der Waals surface area contributed by atoms with Gasteiger partial charge in [-0.15, -0.1) is 0 Å². The summed E-state index contributed by atoms with van der Waals surface area (Å²) in [5.41, 5.74) is 1.28. The van der Waals surface area contributed by atoms with Crippen LogP contribution in [0.5, 0.6) is 0 Å². The molecule has 0 aliphatic carbocycles. The van der Waals surface area contributed by atoms with Gasteiger partial charge in [0.15, 0.2) is 5.82 Å². The molecule has 0 spiro atoms. The molecular weight excluding hydrogens is 218 g/mol. The molecule has 0 aromatic carbocycles. The number of pyridine rings is 1. The lowest BCUT2D eigenvalue weighted by molar-refractivity contribution is 1.03. The van der Waals surface area contributed by atoms with Crippen LogP contribution < -0.4 is 5.56 Å². The number of hydrogen-bond donors (Lipinski definition) is 1. The number of hydrogen-bond acceptors (Lipinski definition) is 4. The first kappa shape index (κ1) is 9.71. The second-order valence-electron chi connectivity index (χ2n) is 3.68. The van der Waals surface area contributed by atoms with E-state index in [4.69, 9.17) is 0 Å². The van der Waals surface area contributed by atoms with E-state index in [9.17, 15) is 4.79 Å².